The van der Waals surface area contributed by atoms with Gasteiger partial charge in [0.15, 0.2) is 11.5 Å². The Morgan fingerprint density at radius 3 is 3.06 bits per heavy atom. The Kier molecular flexibility index (Phi) is 3.37. The van der Waals surface area contributed by atoms with Crippen LogP contribution in [0.25, 0.3) is 0 Å². The van der Waals surface area contributed by atoms with Gasteiger partial charge in [0.05, 0.1) is 10.6 Å². The zero-order valence-corrected chi connectivity index (χ0v) is 10.2. The van der Waals surface area contributed by atoms with Gasteiger partial charge in [0.25, 0.3) is 0 Å². The van der Waals surface area contributed by atoms with E-state index in [0.29, 0.717) is 24.3 Å². The Morgan fingerprint density at radius 2 is 2.31 bits per heavy atom. The topological polar surface area (TPSA) is 38.7 Å². The third kappa shape index (κ3) is 2.16. The summed E-state index contributed by atoms with van der Waals surface area (Å²) in [6, 6.07) is 3.61. The molecular weight excluding hydrogens is 272 g/mol. The summed E-state index contributed by atoms with van der Waals surface area (Å²) in [5, 5.41) is 9.89. The normalized spacial score (nSPS) is 14.6. The number of benzene rings is 1. The summed E-state index contributed by atoms with van der Waals surface area (Å²) in [6.45, 7) is 0.220. The van der Waals surface area contributed by atoms with Crippen LogP contribution in [0.2, 0.25) is 0 Å². The molecule has 1 aliphatic heterocycles. The smallest absolute Gasteiger partial charge is 0.231 e. The molecule has 0 radical (unpaired) electrons. The number of terminal acetylenes is 1. The molecular formula is C12H11BrO3. The molecule has 0 aliphatic carbocycles. The Morgan fingerprint density at radius 1 is 1.50 bits per heavy atom. The molecule has 0 amide bonds. The average Bonchev–Trinajstić information content (AvgIpc) is 2.74. The van der Waals surface area contributed by atoms with Crippen LogP contribution in [0.3, 0.4) is 0 Å². The van der Waals surface area contributed by atoms with Gasteiger partial charge in [-0.2, -0.15) is 0 Å². The third-order valence-corrected chi connectivity index (χ3v) is 2.99. The van der Waals surface area contributed by atoms with Crippen molar-refractivity contribution in [2.75, 3.05) is 6.79 Å². The molecule has 1 N–H and O–H groups in total. The molecule has 0 aromatic heterocycles. The molecule has 1 aromatic rings. The quantitative estimate of drug-likeness (QED) is 0.867. The van der Waals surface area contributed by atoms with Crippen molar-refractivity contribution in [1.82, 2.24) is 0 Å². The largest absolute Gasteiger partial charge is 0.454 e. The number of halogens is 1. The van der Waals surface area contributed by atoms with Crippen molar-refractivity contribution in [3.8, 4) is 23.8 Å². The number of hydrogen-bond acceptors (Lipinski definition) is 3. The SMILES string of the molecule is C#CCCC(O)c1cc(Br)c2c(c1)OCO2. The highest BCUT2D eigenvalue weighted by molar-refractivity contribution is 9.10. The molecule has 0 spiro atoms. The summed E-state index contributed by atoms with van der Waals surface area (Å²) in [6.07, 6.45) is 5.69. The van der Waals surface area contributed by atoms with Crippen LogP contribution in [-0.2, 0) is 0 Å². The first-order chi connectivity index (χ1) is 7.72. The van der Waals surface area contributed by atoms with Crippen molar-refractivity contribution in [3.05, 3.63) is 22.2 Å². The maximum atomic E-state index is 9.89. The lowest BCUT2D eigenvalue weighted by molar-refractivity contribution is 0.167. The Labute approximate surface area is 103 Å². The zero-order valence-electron chi connectivity index (χ0n) is 8.57. The Bertz CT molecular complexity index is 437. The summed E-state index contributed by atoms with van der Waals surface area (Å²) < 4.78 is 11.3. The van der Waals surface area contributed by atoms with E-state index in [4.69, 9.17) is 15.9 Å². The van der Waals surface area contributed by atoms with Crippen LogP contribution in [0.15, 0.2) is 16.6 Å². The molecule has 2 rings (SSSR count). The molecule has 1 heterocycles. The monoisotopic (exact) mass is 282 g/mol. The van der Waals surface area contributed by atoms with Crippen molar-refractivity contribution in [1.29, 1.82) is 0 Å². The number of aliphatic hydroxyl groups excluding tert-OH is 1. The van der Waals surface area contributed by atoms with Gasteiger partial charge < -0.3 is 14.6 Å². The summed E-state index contributed by atoms with van der Waals surface area (Å²) in [5.74, 6) is 3.85. The Hall–Kier alpha value is -1.18. The molecule has 1 aromatic carbocycles. The number of aliphatic hydroxyl groups is 1. The summed E-state index contributed by atoms with van der Waals surface area (Å²) >= 11 is 3.38. The highest BCUT2D eigenvalue weighted by Gasteiger charge is 2.20. The van der Waals surface area contributed by atoms with Crippen molar-refractivity contribution in [2.24, 2.45) is 0 Å². The third-order valence-electron chi connectivity index (χ3n) is 2.40. The highest BCUT2D eigenvalue weighted by atomic mass is 79.9. The fraction of sp³-hybridized carbons (Fsp3) is 0.333. The van der Waals surface area contributed by atoms with Crippen molar-refractivity contribution >= 4 is 15.9 Å². The standard InChI is InChI=1S/C12H11BrO3/c1-2-3-4-10(14)8-5-9(13)12-11(6-8)15-7-16-12/h1,5-6,10,14H,3-4,7H2. The minimum absolute atomic E-state index is 0.220. The van der Waals surface area contributed by atoms with Gasteiger partial charge >= 0.3 is 0 Å². The number of rotatable bonds is 3. The number of ether oxygens (including phenoxy) is 2. The lowest BCUT2D eigenvalue weighted by Crippen LogP contribution is -1.97. The molecule has 0 fully saturated rings. The van der Waals surface area contributed by atoms with E-state index in [1.807, 2.05) is 6.07 Å². The van der Waals surface area contributed by atoms with Crippen molar-refractivity contribution < 1.29 is 14.6 Å². The number of fused-ring (bicyclic) bond motifs is 1. The minimum Gasteiger partial charge on any atom is -0.454 e. The first-order valence-corrected chi connectivity index (χ1v) is 5.72. The minimum atomic E-state index is -0.568. The van der Waals surface area contributed by atoms with E-state index in [2.05, 4.69) is 21.9 Å². The van der Waals surface area contributed by atoms with Crippen molar-refractivity contribution in [2.45, 2.75) is 18.9 Å². The van der Waals surface area contributed by atoms with Crippen LogP contribution < -0.4 is 9.47 Å². The molecule has 1 atom stereocenters. The molecule has 16 heavy (non-hydrogen) atoms. The van der Waals surface area contributed by atoms with Crippen LogP contribution in [0.1, 0.15) is 24.5 Å². The predicted molar refractivity (Wildman–Crippen MR) is 63.3 cm³/mol. The number of hydrogen-bond donors (Lipinski definition) is 1. The fourth-order valence-electron chi connectivity index (χ4n) is 1.57. The van der Waals surface area contributed by atoms with Crippen LogP contribution in [0.5, 0.6) is 11.5 Å². The van der Waals surface area contributed by atoms with E-state index >= 15 is 0 Å². The predicted octanol–water partition coefficient (Wildman–Crippen LogP) is 2.62. The van der Waals surface area contributed by atoms with Gasteiger partial charge in [0.2, 0.25) is 6.79 Å². The van der Waals surface area contributed by atoms with Gasteiger partial charge in [-0.15, -0.1) is 12.3 Å². The van der Waals surface area contributed by atoms with Crippen LogP contribution in [0.4, 0.5) is 0 Å². The van der Waals surface area contributed by atoms with E-state index in [1.165, 1.54) is 0 Å². The summed E-state index contributed by atoms with van der Waals surface area (Å²) in [7, 11) is 0. The second-order valence-electron chi connectivity index (χ2n) is 3.50. The molecule has 1 aliphatic rings. The lowest BCUT2D eigenvalue weighted by Gasteiger charge is -2.11. The highest BCUT2D eigenvalue weighted by Crippen LogP contribution is 2.41. The molecule has 0 saturated carbocycles. The maximum Gasteiger partial charge on any atom is 0.231 e. The Balaban J connectivity index is 2.23. The first kappa shape index (κ1) is 11.3. The molecule has 3 nitrogen and oxygen atoms in total. The van der Waals surface area contributed by atoms with Gasteiger partial charge in [-0.05, 0) is 40.0 Å². The zero-order chi connectivity index (χ0) is 11.5. The molecule has 0 saturated heterocycles. The van der Waals surface area contributed by atoms with Crippen LogP contribution >= 0.6 is 15.9 Å². The fourth-order valence-corrected chi connectivity index (χ4v) is 2.14. The van der Waals surface area contributed by atoms with Crippen LogP contribution in [-0.4, -0.2) is 11.9 Å². The van der Waals surface area contributed by atoms with E-state index in [1.54, 1.807) is 6.07 Å². The lowest BCUT2D eigenvalue weighted by atomic mass is 10.0. The van der Waals surface area contributed by atoms with E-state index in [9.17, 15) is 5.11 Å². The maximum absolute atomic E-state index is 9.89. The second kappa shape index (κ2) is 4.77. The summed E-state index contributed by atoms with van der Waals surface area (Å²) in [4.78, 5) is 0. The second-order valence-corrected chi connectivity index (χ2v) is 4.35. The first-order valence-electron chi connectivity index (χ1n) is 4.93. The molecule has 1 unspecified atom stereocenters. The van der Waals surface area contributed by atoms with Gasteiger partial charge in [-0.1, -0.05) is 0 Å². The van der Waals surface area contributed by atoms with Crippen LogP contribution in [0, 0.1) is 12.3 Å². The average molecular weight is 283 g/mol. The molecule has 0 bridgehead atoms. The van der Waals surface area contributed by atoms with E-state index in [0.717, 1.165) is 10.0 Å². The molecule has 4 heteroatoms. The van der Waals surface area contributed by atoms with E-state index in [-0.39, 0.29) is 6.79 Å². The van der Waals surface area contributed by atoms with Gasteiger partial charge in [0, 0.05) is 6.42 Å². The summed E-state index contributed by atoms with van der Waals surface area (Å²) in [5.41, 5.74) is 0.784. The van der Waals surface area contributed by atoms with E-state index < -0.39 is 6.10 Å². The van der Waals surface area contributed by atoms with Gasteiger partial charge in [0.1, 0.15) is 0 Å². The van der Waals surface area contributed by atoms with Crippen molar-refractivity contribution in [3.63, 3.8) is 0 Å². The van der Waals surface area contributed by atoms with Gasteiger partial charge in [-0.3, -0.25) is 0 Å². The van der Waals surface area contributed by atoms with Gasteiger partial charge in [-0.25, -0.2) is 0 Å². The molecule has 84 valence electrons.